The van der Waals surface area contributed by atoms with Gasteiger partial charge in [-0.3, -0.25) is 4.72 Å². The number of carboxylic acid groups (broad SMARTS) is 1. The van der Waals surface area contributed by atoms with Gasteiger partial charge in [0.25, 0.3) is 10.2 Å². The van der Waals surface area contributed by atoms with Gasteiger partial charge in [0.05, 0.1) is 5.69 Å². The fourth-order valence-corrected chi connectivity index (χ4v) is 2.69. The Labute approximate surface area is 118 Å². The fraction of sp³-hybridized carbons (Fsp3) is 0.308. The zero-order valence-electron chi connectivity index (χ0n) is 11.5. The van der Waals surface area contributed by atoms with Crippen LogP contribution in [0.1, 0.15) is 25.0 Å². The Hall–Kier alpha value is -1.86. The minimum Gasteiger partial charge on any atom is -0.478 e. The molecule has 0 unspecified atom stereocenters. The quantitative estimate of drug-likeness (QED) is 0.697. The van der Waals surface area contributed by atoms with Gasteiger partial charge >= 0.3 is 5.97 Å². The minimum atomic E-state index is -3.64. The van der Waals surface area contributed by atoms with Gasteiger partial charge in [-0.2, -0.15) is 13.1 Å². The van der Waals surface area contributed by atoms with Crippen LogP contribution in [-0.2, 0) is 15.0 Å². The summed E-state index contributed by atoms with van der Waals surface area (Å²) in [4.78, 5) is 10.5. The highest BCUT2D eigenvalue weighted by Crippen LogP contribution is 2.19. The van der Waals surface area contributed by atoms with Crippen molar-refractivity contribution in [3.05, 3.63) is 35.4 Å². The van der Waals surface area contributed by atoms with Crippen LogP contribution in [0.3, 0.4) is 0 Å². The van der Waals surface area contributed by atoms with Crippen LogP contribution in [0.2, 0.25) is 0 Å². The lowest BCUT2D eigenvalue weighted by atomic mass is 10.1. The molecule has 0 atom stereocenters. The van der Waals surface area contributed by atoms with E-state index in [1.807, 2.05) is 0 Å². The van der Waals surface area contributed by atoms with Gasteiger partial charge in [0.2, 0.25) is 0 Å². The third kappa shape index (κ3) is 5.41. The monoisotopic (exact) mass is 298 g/mol. The highest BCUT2D eigenvalue weighted by molar-refractivity contribution is 7.90. The summed E-state index contributed by atoms with van der Waals surface area (Å²) in [6.45, 7) is 5.20. The summed E-state index contributed by atoms with van der Waals surface area (Å²) in [5, 5.41) is 8.58. The summed E-state index contributed by atoms with van der Waals surface area (Å²) < 4.78 is 28.5. The van der Waals surface area contributed by atoms with E-state index in [0.717, 1.165) is 11.6 Å². The standard InChI is InChI=1S/C13H18N2O4S/c1-9(2)14-20(18,19)15-12-8-11(5-4-10(12)3)6-7-13(16)17/h4-9,14-15H,1-3H3,(H,16,17)/b7-6+. The summed E-state index contributed by atoms with van der Waals surface area (Å²) >= 11 is 0. The molecule has 0 aliphatic carbocycles. The molecule has 0 aromatic heterocycles. The summed E-state index contributed by atoms with van der Waals surface area (Å²) in [6, 6.07) is 4.79. The molecule has 7 heteroatoms. The van der Waals surface area contributed by atoms with Crippen molar-refractivity contribution in [1.82, 2.24) is 4.72 Å². The van der Waals surface area contributed by atoms with E-state index >= 15 is 0 Å². The number of hydrogen-bond donors (Lipinski definition) is 3. The molecule has 3 N–H and O–H groups in total. The second-order valence-corrected chi connectivity index (χ2v) is 6.07. The molecule has 0 saturated heterocycles. The van der Waals surface area contributed by atoms with Crippen LogP contribution in [0.4, 0.5) is 5.69 Å². The Bertz CT molecular complexity index is 621. The Morgan fingerprint density at radius 2 is 2.00 bits per heavy atom. The second kappa shape index (κ2) is 6.53. The number of carbonyl (C=O) groups is 1. The lowest BCUT2D eigenvalue weighted by molar-refractivity contribution is -0.131. The van der Waals surface area contributed by atoms with Crippen molar-refractivity contribution < 1.29 is 18.3 Å². The number of aryl methyl sites for hydroxylation is 1. The summed E-state index contributed by atoms with van der Waals surface area (Å²) in [5.74, 6) is -1.06. The largest absolute Gasteiger partial charge is 0.478 e. The first-order valence-electron chi connectivity index (χ1n) is 6.01. The lowest BCUT2D eigenvalue weighted by Gasteiger charge is -2.13. The van der Waals surface area contributed by atoms with Crippen LogP contribution in [0.5, 0.6) is 0 Å². The molecule has 0 aliphatic heterocycles. The van der Waals surface area contributed by atoms with Crippen molar-refractivity contribution in [3.63, 3.8) is 0 Å². The predicted molar refractivity (Wildman–Crippen MR) is 78.7 cm³/mol. The highest BCUT2D eigenvalue weighted by Gasteiger charge is 2.12. The highest BCUT2D eigenvalue weighted by atomic mass is 32.2. The Kier molecular flexibility index (Phi) is 5.29. The van der Waals surface area contributed by atoms with Crippen LogP contribution in [-0.4, -0.2) is 25.5 Å². The van der Waals surface area contributed by atoms with Crippen LogP contribution >= 0.6 is 0 Å². The minimum absolute atomic E-state index is 0.220. The van der Waals surface area contributed by atoms with Crippen molar-refractivity contribution in [2.75, 3.05) is 4.72 Å². The molecular weight excluding hydrogens is 280 g/mol. The van der Waals surface area contributed by atoms with E-state index in [9.17, 15) is 13.2 Å². The smallest absolute Gasteiger partial charge is 0.328 e. The molecular formula is C13H18N2O4S. The molecule has 0 heterocycles. The maximum atomic E-state index is 11.8. The van der Waals surface area contributed by atoms with E-state index in [1.54, 1.807) is 39.0 Å². The summed E-state index contributed by atoms with van der Waals surface area (Å²) in [6.07, 6.45) is 2.39. The number of benzene rings is 1. The maximum Gasteiger partial charge on any atom is 0.328 e. The van der Waals surface area contributed by atoms with Crippen molar-refractivity contribution in [3.8, 4) is 0 Å². The fourth-order valence-electron chi connectivity index (χ4n) is 1.51. The zero-order valence-corrected chi connectivity index (χ0v) is 12.4. The number of nitrogens with one attached hydrogen (secondary N) is 2. The lowest BCUT2D eigenvalue weighted by Crippen LogP contribution is -2.35. The van der Waals surface area contributed by atoms with E-state index in [0.29, 0.717) is 11.3 Å². The van der Waals surface area contributed by atoms with Crippen LogP contribution in [0, 0.1) is 6.92 Å². The average Bonchev–Trinajstić information content (AvgIpc) is 2.28. The van der Waals surface area contributed by atoms with Gasteiger partial charge in [0.1, 0.15) is 0 Å². The second-order valence-electron chi connectivity index (χ2n) is 4.62. The Morgan fingerprint density at radius 1 is 1.35 bits per heavy atom. The SMILES string of the molecule is Cc1ccc(/C=C/C(=O)O)cc1NS(=O)(=O)NC(C)C. The molecule has 0 spiro atoms. The summed E-state index contributed by atoms with van der Waals surface area (Å²) in [7, 11) is -3.64. The van der Waals surface area contributed by atoms with E-state index in [4.69, 9.17) is 5.11 Å². The van der Waals surface area contributed by atoms with Gasteiger partial charge in [-0.25, -0.2) is 4.79 Å². The molecule has 1 rings (SSSR count). The third-order valence-corrected chi connectivity index (χ3v) is 3.59. The predicted octanol–water partition coefficient (Wildman–Crippen LogP) is 1.75. The molecule has 20 heavy (non-hydrogen) atoms. The molecule has 0 amide bonds. The van der Waals surface area contributed by atoms with Crippen molar-refractivity contribution in [1.29, 1.82) is 0 Å². The number of anilines is 1. The molecule has 0 fully saturated rings. The molecule has 110 valence electrons. The van der Waals surface area contributed by atoms with Gasteiger partial charge in [0, 0.05) is 12.1 Å². The number of rotatable bonds is 6. The number of aliphatic carboxylic acids is 1. The van der Waals surface area contributed by atoms with Gasteiger partial charge in [-0.05, 0) is 44.0 Å². The zero-order chi connectivity index (χ0) is 15.3. The van der Waals surface area contributed by atoms with Crippen LogP contribution < -0.4 is 9.44 Å². The van der Waals surface area contributed by atoms with E-state index in [2.05, 4.69) is 9.44 Å². The molecule has 6 nitrogen and oxygen atoms in total. The van der Waals surface area contributed by atoms with Gasteiger partial charge in [0.15, 0.2) is 0 Å². The van der Waals surface area contributed by atoms with Crippen LogP contribution in [0.25, 0.3) is 6.08 Å². The van der Waals surface area contributed by atoms with Crippen molar-refractivity contribution in [2.24, 2.45) is 0 Å². The molecule has 1 aromatic carbocycles. The average molecular weight is 298 g/mol. The van der Waals surface area contributed by atoms with Crippen molar-refractivity contribution >= 4 is 27.9 Å². The van der Waals surface area contributed by atoms with Gasteiger partial charge in [-0.15, -0.1) is 0 Å². The molecule has 0 aliphatic rings. The van der Waals surface area contributed by atoms with E-state index in [1.165, 1.54) is 6.08 Å². The van der Waals surface area contributed by atoms with E-state index in [-0.39, 0.29) is 6.04 Å². The topological polar surface area (TPSA) is 95.5 Å². The molecule has 0 saturated carbocycles. The maximum absolute atomic E-state index is 11.8. The molecule has 0 radical (unpaired) electrons. The van der Waals surface area contributed by atoms with Gasteiger partial charge < -0.3 is 5.11 Å². The first kappa shape index (κ1) is 16.2. The molecule has 0 bridgehead atoms. The first-order chi connectivity index (χ1) is 9.19. The third-order valence-electron chi connectivity index (χ3n) is 2.32. The van der Waals surface area contributed by atoms with Gasteiger partial charge in [-0.1, -0.05) is 12.1 Å². The molecule has 1 aromatic rings. The normalized spacial score (nSPS) is 12.0. The Balaban J connectivity index is 3.00. The number of hydrogen-bond acceptors (Lipinski definition) is 3. The summed E-state index contributed by atoms with van der Waals surface area (Å²) in [5.41, 5.74) is 1.75. The Morgan fingerprint density at radius 3 is 2.55 bits per heavy atom. The van der Waals surface area contributed by atoms with E-state index < -0.39 is 16.2 Å². The first-order valence-corrected chi connectivity index (χ1v) is 7.49. The van der Waals surface area contributed by atoms with Crippen LogP contribution in [0.15, 0.2) is 24.3 Å². The van der Waals surface area contributed by atoms with Crippen molar-refractivity contribution in [2.45, 2.75) is 26.8 Å². The number of carboxylic acids is 1.